The summed E-state index contributed by atoms with van der Waals surface area (Å²) in [7, 11) is -3.40. The minimum absolute atomic E-state index is 0.176. The zero-order valence-corrected chi connectivity index (χ0v) is 16.5. The smallest absolute Gasteiger partial charge is 0.265 e. The molecule has 0 saturated heterocycles. The molecular weight excluding hydrogens is 386 g/mol. The Balaban J connectivity index is 1.58. The van der Waals surface area contributed by atoms with Gasteiger partial charge < -0.3 is 10.6 Å². The molecule has 1 heterocycles. The lowest BCUT2D eigenvalue weighted by molar-refractivity contribution is 0.0953. The van der Waals surface area contributed by atoms with Crippen molar-refractivity contribution in [2.75, 3.05) is 22.8 Å². The molecule has 0 atom stereocenters. The number of benzene rings is 1. The molecule has 0 unspecified atom stereocenters. The number of thiophene rings is 1. The molecule has 2 aromatic rings. The van der Waals surface area contributed by atoms with Crippen molar-refractivity contribution in [3.63, 3.8) is 0 Å². The number of hydrogen-bond acceptors (Lipinski definition) is 5. The quantitative estimate of drug-likeness (QED) is 0.626. The van der Waals surface area contributed by atoms with Crippen LogP contribution in [0.25, 0.3) is 0 Å². The van der Waals surface area contributed by atoms with Crippen LogP contribution in [0.3, 0.4) is 0 Å². The molecule has 3 N–H and O–H groups in total. The maximum atomic E-state index is 12.4. The van der Waals surface area contributed by atoms with Crippen molar-refractivity contribution in [3.8, 4) is 0 Å². The van der Waals surface area contributed by atoms with Crippen LogP contribution in [0, 0.1) is 5.92 Å². The first-order valence-corrected chi connectivity index (χ1v) is 11.3. The summed E-state index contributed by atoms with van der Waals surface area (Å²) in [4.78, 5) is 24.9. The van der Waals surface area contributed by atoms with Crippen LogP contribution in [0.4, 0.5) is 11.4 Å². The molecule has 2 amide bonds. The van der Waals surface area contributed by atoms with Crippen LogP contribution in [0.5, 0.6) is 0 Å². The Bertz CT molecular complexity index is 949. The van der Waals surface area contributed by atoms with E-state index in [4.69, 9.17) is 0 Å². The number of amides is 2. The van der Waals surface area contributed by atoms with Gasteiger partial charge in [-0.2, -0.15) is 0 Å². The minimum Gasteiger partial charge on any atom is -0.352 e. The highest BCUT2D eigenvalue weighted by Crippen LogP contribution is 2.31. The zero-order valence-electron chi connectivity index (χ0n) is 14.8. The average molecular weight is 408 g/mol. The summed E-state index contributed by atoms with van der Waals surface area (Å²) < 4.78 is 25.0. The lowest BCUT2D eigenvalue weighted by atomic mass is 10.2. The SMILES string of the molecule is CS(=O)(=O)Nc1cccc(NC(=O)c2cc(C(=O)NCCC3CC3)cs2)c1. The van der Waals surface area contributed by atoms with Crippen LogP contribution in [-0.2, 0) is 10.0 Å². The molecular formula is C18H21N3O4S2. The maximum absolute atomic E-state index is 12.4. The van der Waals surface area contributed by atoms with Crippen molar-refractivity contribution < 1.29 is 18.0 Å². The van der Waals surface area contributed by atoms with Gasteiger partial charge in [0.2, 0.25) is 10.0 Å². The largest absolute Gasteiger partial charge is 0.352 e. The molecule has 27 heavy (non-hydrogen) atoms. The van der Waals surface area contributed by atoms with Crippen molar-refractivity contribution >= 4 is 44.5 Å². The zero-order chi connectivity index (χ0) is 19.4. The number of anilines is 2. The molecule has 3 rings (SSSR count). The molecule has 7 nitrogen and oxygen atoms in total. The Kier molecular flexibility index (Phi) is 5.81. The highest BCUT2D eigenvalue weighted by Gasteiger charge is 2.21. The molecule has 1 aromatic carbocycles. The summed E-state index contributed by atoms with van der Waals surface area (Å²) in [5.74, 6) is 0.223. The standard InChI is InChI=1S/C18H21N3O4S2/c1-27(24,25)21-15-4-2-3-14(10-15)20-18(23)16-9-13(11-26-16)17(22)19-8-7-12-5-6-12/h2-4,9-12,21H,5-8H2,1H3,(H,19,22)(H,20,23). The summed E-state index contributed by atoms with van der Waals surface area (Å²) in [5.41, 5.74) is 1.28. The number of hydrogen-bond donors (Lipinski definition) is 3. The fourth-order valence-electron chi connectivity index (χ4n) is 2.54. The first-order chi connectivity index (χ1) is 12.8. The van der Waals surface area contributed by atoms with Crippen LogP contribution in [0.15, 0.2) is 35.7 Å². The van der Waals surface area contributed by atoms with Gasteiger partial charge in [-0.15, -0.1) is 11.3 Å². The summed E-state index contributed by atoms with van der Waals surface area (Å²) in [5, 5.41) is 7.24. The van der Waals surface area contributed by atoms with E-state index in [0.29, 0.717) is 28.4 Å². The third-order valence-electron chi connectivity index (χ3n) is 4.04. The van der Waals surface area contributed by atoms with Crippen molar-refractivity contribution in [1.82, 2.24) is 5.32 Å². The van der Waals surface area contributed by atoms with Crippen LogP contribution < -0.4 is 15.4 Å². The molecule has 1 aromatic heterocycles. The van der Waals surface area contributed by atoms with E-state index in [1.165, 1.54) is 30.2 Å². The van der Waals surface area contributed by atoms with E-state index in [-0.39, 0.29) is 11.8 Å². The number of rotatable bonds is 8. The van der Waals surface area contributed by atoms with Gasteiger partial charge in [-0.3, -0.25) is 14.3 Å². The van der Waals surface area contributed by atoms with Gasteiger partial charge in [0.15, 0.2) is 0 Å². The van der Waals surface area contributed by atoms with Crippen LogP contribution in [-0.4, -0.2) is 33.0 Å². The van der Waals surface area contributed by atoms with E-state index < -0.39 is 10.0 Å². The molecule has 9 heteroatoms. The van der Waals surface area contributed by atoms with Crippen molar-refractivity contribution in [2.45, 2.75) is 19.3 Å². The molecule has 0 aliphatic heterocycles. The fourth-order valence-corrected chi connectivity index (χ4v) is 3.88. The Morgan fingerprint density at radius 1 is 1.15 bits per heavy atom. The van der Waals surface area contributed by atoms with Gasteiger partial charge in [0.1, 0.15) is 0 Å². The third-order valence-corrected chi connectivity index (χ3v) is 5.58. The molecule has 1 saturated carbocycles. The van der Waals surface area contributed by atoms with E-state index >= 15 is 0 Å². The van der Waals surface area contributed by atoms with E-state index in [2.05, 4.69) is 15.4 Å². The molecule has 1 aliphatic rings. The van der Waals surface area contributed by atoms with Crippen molar-refractivity contribution in [2.24, 2.45) is 5.92 Å². The van der Waals surface area contributed by atoms with Gasteiger partial charge in [0, 0.05) is 17.6 Å². The third kappa shape index (κ3) is 6.07. The van der Waals surface area contributed by atoms with E-state index in [9.17, 15) is 18.0 Å². The number of carbonyl (C=O) groups is 2. The predicted molar refractivity (Wildman–Crippen MR) is 107 cm³/mol. The second-order valence-electron chi connectivity index (χ2n) is 6.60. The van der Waals surface area contributed by atoms with Crippen molar-refractivity contribution in [3.05, 3.63) is 46.2 Å². The van der Waals surface area contributed by atoms with E-state index in [1.54, 1.807) is 29.6 Å². The van der Waals surface area contributed by atoms with Gasteiger partial charge in [-0.05, 0) is 36.6 Å². The monoisotopic (exact) mass is 407 g/mol. The summed E-state index contributed by atoms with van der Waals surface area (Å²) in [6.07, 6.45) is 4.56. The second-order valence-corrected chi connectivity index (χ2v) is 9.26. The topological polar surface area (TPSA) is 104 Å². The van der Waals surface area contributed by atoms with Crippen LogP contribution >= 0.6 is 11.3 Å². The molecule has 1 fully saturated rings. The normalized spacial score (nSPS) is 13.8. The van der Waals surface area contributed by atoms with Gasteiger partial charge >= 0.3 is 0 Å². The predicted octanol–water partition coefficient (Wildman–Crippen LogP) is 2.90. The minimum atomic E-state index is -3.40. The maximum Gasteiger partial charge on any atom is 0.265 e. The first-order valence-electron chi connectivity index (χ1n) is 8.56. The fraction of sp³-hybridized carbons (Fsp3) is 0.333. The highest BCUT2D eigenvalue weighted by molar-refractivity contribution is 7.92. The molecule has 0 radical (unpaired) electrons. The lowest BCUT2D eigenvalue weighted by Gasteiger charge is -2.07. The molecule has 1 aliphatic carbocycles. The van der Waals surface area contributed by atoms with Gasteiger partial charge in [0.25, 0.3) is 11.8 Å². The Hall–Kier alpha value is -2.39. The summed E-state index contributed by atoms with van der Waals surface area (Å²) in [6.45, 7) is 0.654. The molecule has 0 bridgehead atoms. The lowest BCUT2D eigenvalue weighted by Crippen LogP contribution is -2.24. The number of carbonyl (C=O) groups excluding carboxylic acids is 2. The van der Waals surface area contributed by atoms with Gasteiger partial charge in [-0.1, -0.05) is 18.9 Å². The Morgan fingerprint density at radius 3 is 2.59 bits per heavy atom. The van der Waals surface area contributed by atoms with Gasteiger partial charge in [-0.25, -0.2) is 8.42 Å². The summed E-state index contributed by atoms with van der Waals surface area (Å²) >= 11 is 1.19. The van der Waals surface area contributed by atoms with Gasteiger partial charge in [0.05, 0.1) is 22.4 Å². The second kappa shape index (κ2) is 8.10. The molecule has 0 spiro atoms. The molecule has 144 valence electrons. The van der Waals surface area contributed by atoms with E-state index in [0.717, 1.165) is 18.6 Å². The number of sulfonamides is 1. The number of nitrogens with one attached hydrogen (secondary N) is 3. The van der Waals surface area contributed by atoms with Crippen LogP contribution in [0.2, 0.25) is 0 Å². The first kappa shape index (κ1) is 19.4. The van der Waals surface area contributed by atoms with Crippen LogP contribution in [0.1, 0.15) is 39.3 Å². The Labute approximate surface area is 162 Å². The summed E-state index contributed by atoms with van der Waals surface area (Å²) in [6, 6.07) is 7.97. The van der Waals surface area contributed by atoms with Crippen molar-refractivity contribution in [1.29, 1.82) is 0 Å². The average Bonchev–Trinajstić information content (AvgIpc) is 3.26. The van der Waals surface area contributed by atoms with E-state index in [1.807, 2.05) is 0 Å². The Morgan fingerprint density at radius 2 is 1.89 bits per heavy atom. The highest BCUT2D eigenvalue weighted by atomic mass is 32.2.